The van der Waals surface area contributed by atoms with Crippen LogP contribution in [0.5, 0.6) is 0 Å². The number of H-pyrrole nitrogens is 1. The zero-order valence-corrected chi connectivity index (χ0v) is 16.0. The number of nitrogens with one attached hydrogen (secondary N) is 1. The van der Waals surface area contributed by atoms with Gasteiger partial charge in [-0.25, -0.2) is 9.78 Å². The molecule has 0 aliphatic rings. The number of hydrogen-bond acceptors (Lipinski definition) is 5. The molecule has 5 nitrogen and oxygen atoms in total. The summed E-state index contributed by atoms with van der Waals surface area (Å²) in [5.74, 6) is -0.317. The van der Waals surface area contributed by atoms with Crippen molar-refractivity contribution in [3.8, 4) is 10.6 Å². The molecule has 2 heterocycles. The summed E-state index contributed by atoms with van der Waals surface area (Å²) < 4.78 is 11.2. The fourth-order valence-corrected chi connectivity index (χ4v) is 4.04. The topological polar surface area (TPSA) is 64.2 Å². The third kappa shape index (κ3) is 3.24. The SMILES string of the molecule is CCOC(=O)c1sc(-c2cc(Br)c3[nH]c(COC)cc3c2)nc1C. The van der Waals surface area contributed by atoms with E-state index in [2.05, 4.69) is 38.0 Å². The van der Waals surface area contributed by atoms with Crippen LogP contribution in [0.1, 0.15) is 28.0 Å². The van der Waals surface area contributed by atoms with Gasteiger partial charge in [0.05, 0.1) is 24.4 Å². The van der Waals surface area contributed by atoms with Gasteiger partial charge >= 0.3 is 5.97 Å². The Kier molecular flexibility index (Phi) is 5.03. The Morgan fingerprint density at radius 1 is 1.38 bits per heavy atom. The molecule has 0 spiro atoms. The molecular weight excluding hydrogens is 392 g/mol. The molecule has 0 fully saturated rings. The average molecular weight is 409 g/mol. The number of carbonyl (C=O) groups is 1. The minimum Gasteiger partial charge on any atom is -0.462 e. The van der Waals surface area contributed by atoms with E-state index in [-0.39, 0.29) is 5.97 Å². The van der Waals surface area contributed by atoms with Crippen molar-refractivity contribution in [3.63, 3.8) is 0 Å². The Balaban J connectivity index is 2.03. The van der Waals surface area contributed by atoms with Crippen LogP contribution in [-0.4, -0.2) is 29.7 Å². The van der Waals surface area contributed by atoms with Crippen molar-refractivity contribution >= 4 is 44.1 Å². The number of methoxy groups -OCH3 is 1. The van der Waals surface area contributed by atoms with Crippen LogP contribution >= 0.6 is 27.3 Å². The highest BCUT2D eigenvalue weighted by Gasteiger charge is 2.18. The number of esters is 1. The standard InChI is InChI=1S/C17H17BrN2O3S/c1-4-23-17(21)15-9(2)19-16(24-15)11-5-10-6-12(8-22-3)20-14(10)13(18)7-11/h5-7,20H,4,8H2,1-3H3. The number of aryl methyl sites for hydroxylation is 1. The van der Waals surface area contributed by atoms with E-state index in [0.717, 1.165) is 31.6 Å². The molecule has 0 aliphatic carbocycles. The number of benzene rings is 1. The number of ether oxygens (including phenoxy) is 2. The fraction of sp³-hybridized carbons (Fsp3) is 0.294. The lowest BCUT2D eigenvalue weighted by atomic mass is 10.1. The van der Waals surface area contributed by atoms with E-state index >= 15 is 0 Å². The number of nitrogens with zero attached hydrogens (tertiary/aromatic N) is 1. The zero-order chi connectivity index (χ0) is 17.3. The third-order valence-electron chi connectivity index (χ3n) is 3.54. The summed E-state index contributed by atoms with van der Waals surface area (Å²) in [5, 5.41) is 1.87. The van der Waals surface area contributed by atoms with Crippen molar-refractivity contribution in [2.75, 3.05) is 13.7 Å². The molecule has 2 aromatic heterocycles. The minimum absolute atomic E-state index is 0.317. The third-order valence-corrected chi connectivity index (χ3v) is 5.35. The number of hydrogen-bond donors (Lipinski definition) is 1. The van der Waals surface area contributed by atoms with E-state index in [1.165, 1.54) is 11.3 Å². The molecule has 3 aromatic rings. The maximum atomic E-state index is 12.0. The van der Waals surface area contributed by atoms with Gasteiger partial charge < -0.3 is 14.5 Å². The smallest absolute Gasteiger partial charge is 0.350 e. The predicted octanol–water partition coefficient (Wildman–Crippen LogP) is 4.69. The lowest BCUT2D eigenvalue weighted by molar-refractivity contribution is 0.0531. The fourth-order valence-electron chi connectivity index (χ4n) is 2.52. The lowest BCUT2D eigenvalue weighted by Crippen LogP contribution is -2.03. The van der Waals surface area contributed by atoms with E-state index in [1.807, 2.05) is 13.0 Å². The molecular formula is C17H17BrN2O3S. The van der Waals surface area contributed by atoms with Gasteiger partial charge in [0.15, 0.2) is 0 Å². The summed E-state index contributed by atoms with van der Waals surface area (Å²) in [6.07, 6.45) is 0. The number of fused-ring (bicyclic) bond motifs is 1. The highest BCUT2D eigenvalue weighted by molar-refractivity contribution is 9.10. The maximum absolute atomic E-state index is 12.0. The molecule has 1 N–H and O–H groups in total. The van der Waals surface area contributed by atoms with E-state index in [0.29, 0.717) is 23.8 Å². The summed E-state index contributed by atoms with van der Waals surface area (Å²) in [4.78, 5) is 20.4. The van der Waals surface area contributed by atoms with E-state index < -0.39 is 0 Å². The maximum Gasteiger partial charge on any atom is 0.350 e. The highest BCUT2D eigenvalue weighted by atomic mass is 79.9. The largest absolute Gasteiger partial charge is 0.462 e. The van der Waals surface area contributed by atoms with Crippen molar-refractivity contribution in [2.45, 2.75) is 20.5 Å². The summed E-state index contributed by atoms with van der Waals surface area (Å²) >= 11 is 4.96. The van der Waals surface area contributed by atoms with Crippen LogP contribution in [0.3, 0.4) is 0 Å². The number of aromatic nitrogens is 2. The van der Waals surface area contributed by atoms with Gasteiger partial charge in [-0.05, 0) is 48.0 Å². The molecule has 0 saturated carbocycles. The quantitative estimate of drug-likeness (QED) is 0.622. The van der Waals surface area contributed by atoms with Gasteiger partial charge in [-0.1, -0.05) is 0 Å². The summed E-state index contributed by atoms with van der Waals surface area (Å²) in [6, 6.07) is 6.12. The van der Waals surface area contributed by atoms with Crippen molar-refractivity contribution in [1.29, 1.82) is 0 Å². The molecule has 24 heavy (non-hydrogen) atoms. The van der Waals surface area contributed by atoms with Crippen LogP contribution in [0.15, 0.2) is 22.7 Å². The summed E-state index contributed by atoms with van der Waals surface area (Å²) in [6.45, 7) is 4.50. The van der Waals surface area contributed by atoms with Crippen LogP contribution in [0, 0.1) is 6.92 Å². The van der Waals surface area contributed by atoms with Gasteiger partial charge in [0.2, 0.25) is 0 Å². The van der Waals surface area contributed by atoms with Crippen molar-refractivity contribution < 1.29 is 14.3 Å². The van der Waals surface area contributed by atoms with Gasteiger partial charge in [0.1, 0.15) is 9.88 Å². The molecule has 0 bridgehead atoms. The second-order valence-electron chi connectivity index (χ2n) is 5.30. The molecule has 0 aliphatic heterocycles. The van der Waals surface area contributed by atoms with Gasteiger partial charge in [-0.15, -0.1) is 11.3 Å². The van der Waals surface area contributed by atoms with Crippen LogP contribution in [0.4, 0.5) is 0 Å². The molecule has 0 unspecified atom stereocenters. The van der Waals surface area contributed by atoms with Crippen LogP contribution in [0.25, 0.3) is 21.5 Å². The normalized spacial score (nSPS) is 11.2. The number of carbonyl (C=O) groups excluding carboxylic acids is 1. The Labute approximate surface area is 152 Å². The predicted molar refractivity (Wildman–Crippen MR) is 98.5 cm³/mol. The molecule has 0 radical (unpaired) electrons. The number of aromatic amines is 1. The van der Waals surface area contributed by atoms with Crippen LogP contribution in [-0.2, 0) is 16.1 Å². The zero-order valence-electron chi connectivity index (χ0n) is 13.6. The Morgan fingerprint density at radius 2 is 2.17 bits per heavy atom. The second-order valence-corrected chi connectivity index (χ2v) is 7.16. The van der Waals surface area contributed by atoms with Crippen molar-refractivity contribution in [1.82, 2.24) is 9.97 Å². The molecule has 0 atom stereocenters. The molecule has 0 saturated heterocycles. The van der Waals surface area contributed by atoms with Crippen LogP contribution in [0.2, 0.25) is 0 Å². The first kappa shape index (κ1) is 17.1. The second kappa shape index (κ2) is 7.04. The Bertz CT molecular complexity index is 901. The van der Waals surface area contributed by atoms with Gasteiger partial charge in [-0.2, -0.15) is 0 Å². The molecule has 3 rings (SSSR count). The number of halogens is 1. The van der Waals surface area contributed by atoms with E-state index in [4.69, 9.17) is 9.47 Å². The first-order chi connectivity index (χ1) is 11.5. The Morgan fingerprint density at radius 3 is 2.88 bits per heavy atom. The van der Waals surface area contributed by atoms with Gasteiger partial charge in [0.25, 0.3) is 0 Å². The van der Waals surface area contributed by atoms with Crippen molar-refractivity contribution in [2.24, 2.45) is 0 Å². The van der Waals surface area contributed by atoms with Crippen LogP contribution < -0.4 is 0 Å². The lowest BCUT2D eigenvalue weighted by Gasteiger charge is -2.00. The minimum atomic E-state index is -0.317. The summed E-state index contributed by atoms with van der Waals surface area (Å²) in [5.41, 5.74) is 3.68. The van der Waals surface area contributed by atoms with E-state index in [1.54, 1.807) is 14.0 Å². The number of rotatable bonds is 5. The highest BCUT2D eigenvalue weighted by Crippen LogP contribution is 2.34. The van der Waals surface area contributed by atoms with Gasteiger partial charge in [0, 0.05) is 28.2 Å². The molecule has 0 amide bonds. The first-order valence-electron chi connectivity index (χ1n) is 7.48. The van der Waals surface area contributed by atoms with E-state index in [9.17, 15) is 4.79 Å². The molecule has 1 aromatic carbocycles. The Hall–Kier alpha value is -1.70. The molecule has 126 valence electrons. The first-order valence-corrected chi connectivity index (χ1v) is 9.09. The summed E-state index contributed by atoms with van der Waals surface area (Å²) in [7, 11) is 1.67. The van der Waals surface area contributed by atoms with Crippen molar-refractivity contribution in [3.05, 3.63) is 38.9 Å². The monoisotopic (exact) mass is 408 g/mol. The molecule has 7 heteroatoms. The van der Waals surface area contributed by atoms with Gasteiger partial charge in [-0.3, -0.25) is 0 Å². The average Bonchev–Trinajstić information content (AvgIpc) is 3.11. The number of thiazole rings is 1.